The molecule has 0 saturated carbocycles. The number of carbonyl (C=O) groups is 1. The molecular formula is C16H18N2O6. The molecule has 1 aromatic carbocycles. The van der Waals surface area contributed by atoms with Crippen molar-refractivity contribution in [1.82, 2.24) is 5.48 Å². The van der Waals surface area contributed by atoms with Crippen LogP contribution in [0.5, 0.6) is 11.5 Å². The Bertz CT molecular complexity index is 869. The molecule has 0 unspecified atom stereocenters. The van der Waals surface area contributed by atoms with Crippen molar-refractivity contribution in [3.05, 3.63) is 45.3 Å². The van der Waals surface area contributed by atoms with Gasteiger partial charge in [0.2, 0.25) is 0 Å². The maximum Gasteiger partial charge on any atom is 0.335 e. The molecule has 0 atom stereocenters. The molecule has 0 saturated heterocycles. The van der Waals surface area contributed by atoms with Crippen LogP contribution in [0.2, 0.25) is 0 Å². The number of hydroxylamine groups is 1. The highest BCUT2D eigenvalue weighted by atomic mass is 16.5. The predicted molar refractivity (Wildman–Crippen MR) is 86.3 cm³/mol. The molecule has 24 heavy (non-hydrogen) atoms. The highest BCUT2D eigenvalue weighted by molar-refractivity contribution is 5.87. The summed E-state index contributed by atoms with van der Waals surface area (Å²) in [6.07, 6.45) is 2.55. The lowest BCUT2D eigenvalue weighted by atomic mass is 10.0. The normalized spacial score (nSPS) is 12.9. The largest absolute Gasteiger partial charge is 0.507 e. The molecule has 0 fully saturated rings. The number of phenolic OH excluding ortho intramolecular Hbond substituents is 1. The number of urea groups is 1. The van der Waals surface area contributed by atoms with E-state index in [1.807, 2.05) is 13.0 Å². The maximum absolute atomic E-state index is 12.0. The van der Waals surface area contributed by atoms with Crippen LogP contribution in [-0.4, -0.2) is 23.0 Å². The first-order valence-corrected chi connectivity index (χ1v) is 7.10. The third-order valence-electron chi connectivity index (χ3n) is 3.40. The van der Waals surface area contributed by atoms with Crippen molar-refractivity contribution in [1.29, 1.82) is 0 Å². The van der Waals surface area contributed by atoms with E-state index >= 15 is 0 Å². The minimum Gasteiger partial charge on any atom is -0.507 e. The van der Waals surface area contributed by atoms with E-state index in [1.54, 1.807) is 13.0 Å². The van der Waals surface area contributed by atoms with Crippen molar-refractivity contribution in [2.24, 2.45) is 5.73 Å². The number of carbonyl (C=O) groups excluding carboxylic acids is 1. The monoisotopic (exact) mass is 334 g/mol. The van der Waals surface area contributed by atoms with Gasteiger partial charge in [-0.1, -0.05) is 6.08 Å². The maximum atomic E-state index is 12.0. The van der Waals surface area contributed by atoms with E-state index in [1.165, 1.54) is 11.5 Å². The van der Waals surface area contributed by atoms with Crippen molar-refractivity contribution >= 4 is 17.0 Å². The molecule has 128 valence electrons. The third-order valence-corrected chi connectivity index (χ3v) is 3.40. The van der Waals surface area contributed by atoms with Gasteiger partial charge in [0.15, 0.2) is 5.43 Å². The quantitative estimate of drug-likeness (QED) is 0.329. The number of allylic oxidation sites excluding steroid dienone is 1. The zero-order valence-electron chi connectivity index (χ0n) is 13.3. The van der Waals surface area contributed by atoms with Gasteiger partial charge in [0.05, 0.1) is 0 Å². The number of phenols is 1. The number of nitrogens with two attached hydrogens (primary N) is 1. The van der Waals surface area contributed by atoms with Crippen LogP contribution in [0, 0.1) is 6.92 Å². The van der Waals surface area contributed by atoms with Crippen molar-refractivity contribution in [2.45, 2.75) is 20.3 Å². The molecule has 2 aromatic rings. The molecule has 0 bridgehead atoms. The zero-order chi connectivity index (χ0) is 17.9. The summed E-state index contributed by atoms with van der Waals surface area (Å²) >= 11 is 0. The van der Waals surface area contributed by atoms with Crippen LogP contribution in [0.25, 0.3) is 11.0 Å². The first-order valence-electron chi connectivity index (χ1n) is 7.10. The van der Waals surface area contributed by atoms with Gasteiger partial charge >= 0.3 is 6.03 Å². The standard InChI is InChI=1S/C15H14O4.CH4N2O2/c1-8-3-4-10-12(18-7-8)6-13-14(15(10)17)11(16)5-9(2)19-13;2-1(4)3-5/h3,5-6,17H,4,7H2,1-2H3;5H,(H3,2,3,4). The number of ether oxygens (including phenoxy) is 1. The number of aryl methyl sites for hydroxylation is 1. The Hall–Kier alpha value is -3.00. The van der Waals surface area contributed by atoms with Crippen LogP contribution in [-0.2, 0) is 6.42 Å². The van der Waals surface area contributed by atoms with Crippen LogP contribution in [0.1, 0.15) is 18.2 Å². The SMILES string of the molecule is CC1=CCc2c(cc3oc(C)cc(=O)c3c2O)OC1.NC(=O)NO. The Morgan fingerprint density at radius 2 is 2.00 bits per heavy atom. The molecule has 1 aromatic heterocycles. The molecule has 1 aliphatic rings. The summed E-state index contributed by atoms with van der Waals surface area (Å²) in [5, 5.41) is 18.0. The second kappa shape index (κ2) is 7.05. The van der Waals surface area contributed by atoms with Crippen LogP contribution >= 0.6 is 0 Å². The molecule has 0 radical (unpaired) electrons. The fraction of sp³-hybridized carbons (Fsp3) is 0.250. The average molecular weight is 334 g/mol. The fourth-order valence-corrected chi connectivity index (χ4v) is 2.29. The molecule has 1 aliphatic heterocycles. The summed E-state index contributed by atoms with van der Waals surface area (Å²) in [6, 6.07) is 2.13. The first-order chi connectivity index (χ1) is 11.3. The van der Waals surface area contributed by atoms with Crippen LogP contribution in [0.3, 0.4) is 0 Å². The lowest BCUT2D eigenvalue weighted by Gasteiger charge is -2.11. The minimum absolute atomic E-state index is 0.0350. The zero-order valence-corrected chi connectivity index (χ0v) is 13.3. The number of rotatable bonds is 0. The second-order valence-corrected chi connectivity index (χ2v) is 5.32. The van der Waals surface area contributed by atoms with Gasteiger partial charge in [0.25, 0.3) is 0 Å². The second-order valence-electron chi connectivity index (χ2n) is 5.32. The van der Waals surface area contributed by atoms with E-state index in [2.05, 4.69) is 5.73 Å². The molecular weight excluding hydrogens is 316 g/mol. The smallest absolute Gasteiger partial charge is 0.335 e. The van der Waals surface area contributed by atoms with Gasteiger partial charge in [-0.25, -0.2) is 10.3 Å². The summed E-state index contributed by atoms with van der Waals surface area (Å²) in [4.78, 5) is 21.2. The minimum atomic E-state index is -0.940. The number of nitrogens with one attached hydrogen (secondary N) is 1. The first kappa shape index (κ1) is 17.4. The summed E-state index contributed by atoms with van der Waals surface area (Å²) in [6.45, 7) is 4.15. The van der Waals surface area contributed by atoms with Crippen molar-refractivity contribution in [3.63, 3.8) is 0 Å². The van der Waals surface area contributed by atoms with E-state index in [-0.39, 0.29) is 16.6 Å². The molecule has 8 nitrogen and oxygen atoms in total. The number of primary amides is 1. The van der Waals surface area contributed by atoms with Gasteiger partial charge in [0.1, 0.15) is 34.8 Å². The number of fused-ring (bicyclic) bond motifs is 2. The Kier molecular flexibility index (Phi) is 5.10. The predicted octanol–water partition coefficient (Wildman–Crippen LogP) is 1.73. The third kappa shape index (κ3) is 3.66. The summed E-state index contributed by atoms with van der Waals surface area (Å²) in [7, 11) is 0. The number of hydrogen-bond donors (Lipinski definition) is 4. The van der Waals surface area contributed by atoms with E-state index in [0.29, 0.717) is 35.7 Å². The Labute approximate surface area is 137 Å². The van der Waals surface area contributed by atoms with Crippen molar-refractivity contribution in [3.8, 4) is 11.5 Å². The summed E-state index contributed by atoms with van der Waals surface area (Å²) < 4.78 is 11.1. The molecule has 2 amide bonds. The van der Waals surface area contributed by atoms with Crippen molar-refractivity contribution < 1.29 is 24.3 Å². The Balaban J connectivity index is 0.000000368. The number of benzene rings is 1. The van der Waals surface area contributed by atoms with Gasteiger partial charge in [-0.3, -0.25) is 10.0 Å². The number of hydrogen-bond acceptors (Lipinski definition) is 6. The Morgan fingerprint density at radius 3 is 2.62 bits per heavy atom. The van der Waals surface area contributed by atoms with E-state index in [0.717, 1.165) is 5.57 Å². The number of aromatic hydroxyl groups is 1. The summed E-state index contributed by atoms with van der Waals surface area (Å²) in [5.74, 6) is 1.05. The van der Waals surface area contributed by atoms with Gasteiger partial charge in [-0.2, -0.15) is 0 Å². The van der Waals surface area contributed by atoms with Gasteiger partial charge in [-0.05, 0) is 25.8 Å². The molecule has 0 aliphatic carbocycles. The molecule has 5 N–H and O–H groups in total. The molecule has 0 spiro atoms. The van der Waals surface area contributed by atoms with E-state index < -0.39 is 6.03 Å². The fourth-order valence-electron chi connectivity index (χ4n) is 2.29. The molecule has 2 heterocycles. The van der Waals surface area contributed by atoms with Crippen LogP contribution in [0.4, 0.5) is 4.79 Å². The molecule has 8 heteroatoms. The highest BCUT2D eigenvalue weighted by Gasteiger charge is 2.19. The number of amides is 2. The van der Waals surface area contributed by atoms with E-state index in [4.69, 9.17) is 14.4 Å². The van der Waals surface area contributed by atoms with Gasteiger partial charge in [-0.15, -0.1) is 0 Å². The van der Waals surface area contributed by atoms with Crippen molar-refractivity contribution in [2.75, 3.05) is 6.61 Å². The highest BCUT2D eigenvalue weighted by Crippen LogP contribution is 2.36. The van der Waals surface area contributed by atoms with Crippen LogP contribution in [0.15, 0.2) is 33.0 Å². The average Bonchev–Trinajstić information content (AvgIpc) is 2.69. The van der Waals surface area contributed by atoms with Crippen LogP contribution < -0.4 is 21.4 Å². The summed E-state index contributed by atoms with van der Waals surface area (Å²) in [5.41, 5.74) is 7.32. The van der Waals surface area contributed by atoms with Gasteiger partial charge in [0, 0.05) is 17.7 Å². The van der Waals surface area contributed by atoms with E-state index in [9.17, 15) is 14.7 Å². The van der Waals surface area contributed by atoms with Gasteiger partial charge < -0.3 is 20.0 Å². The Morgan fingerprint density at radius 1 is 1.33 bits per heavy atom. The lowest BCUT2D eigenvalue weighted by Crippen LogP contribution is -2.25. The molecule has 3 rings (SSSR count). The topological polar surface area (TPSA) is 135 Å². The lowest BCUT2D eigenvalue weighted by molar-refractivity contribution is 0.169.